The molecular formula is C10H18BF. The maximum atomic E-state index is 12.5. The highest BCUT2D eigenvalue weighted by Crippen LogP contribution is 2.41. The van der Waals surface area contributed by atoms with Gasteiger partial charge in [-0.1, -0.05) is 44.8 Å². The third kappa shape index (κ3) is 2.50. The molecule has 1 aliphatic rings. The van der Waals surface area contributed by atoms with E-state index < -0.39 is 0 Å². The van der Waals surface area contributed by atoms with Crippen molar-refractivity contribution in [1.29, 1.82) is 0 Å². The lowest BCUT2D eigenvalue weighted by Crippen LogP contribution is -2.09. The minimum absolute atomic E-state index is 0.165. The summed E-state index contributed by atoms with van der Waals surface area (Å²) >= 11 is 0. The average Bonchev–Trinajstić information content (AvgIpc) is 2.42. The van der Waals surface area contributed by atoms with Crippen LogP contribution in [0.4, 0.5) is 4.39 Å². The van der Waals surface area contributed by atoms with Gasteiger partial charge in [-0.25, -0.2) is 0 Å². The average molecular weight is 168 g/mol. The Bertz CT molecular complexity index is 127. The molecule has 2 radical (unpaired) electrons. The van der Waals surface area contributed by atoms with Crippen LogP contribution in [-0.2, 0) is 0 Å². The summed E-state index contributed by atoms with van der Waals surface area (Å²) in [5.41, 5.74) is 0. The quantitative estimate of drug-likeness (QED) is 0.565. The Morgan fingerprint density at radius 2 is 2.00 bits per heavy atom. The third-order valence-corrected chi connectivity index (χ3v) is 3.00. The zero-order chi connectivity index (χ0) is 8.97. The second-order valence-electron chi connectivity index (χ2n) is 4.05. The molecule has 3 atom stereocenters. The number of rotatable bonds is 4. The summed E-state index contributed by atoms with van der Waals surface area (Å²) in [4.78, 5) is 0. The summed E-state index contributed by atoms with van der Waals surface area (Å²) in [6, 6.07) is 0. The first-order valence-electron chi connectivity index (χ1n) is 5.09. The second kappa shape index (κ2) is 4.88. The van der Waals surface area contributed by atoms with Crippen molar-refractivity contribution < 1.29 is 4.39 Å². The topological polar surface area (TPSA) is 0 Å². The van der Waals surface area contributed by atoms with Crippen molar-refractivity contribution >= 4 is 7.85 Å². The maximum Gasteiger partial charge on any atom is 0.0925 e. The highest BCUT2D eigenvalue weighted by molar-refractivity contribution is 6.11. The molecule has 0 aromatic heterocycles. The summed E-state index contributed by atoms with van der Waals surface area (Å²) < 4.78 is 12.5. The van der Waals surface area contributed by atoms with Gasteiger partial charge in [0, 0.05) is 0 Å². The van der Waals surface area contributed by atoms with Crippen LogP contribution >= 0.6 is 0 Å². The molecule has 0 aliphatic heterocycles. The Balaban J connectivity index is 2.30. The SMILES string of the molecule is [B]C1CC(CF)C(CCCC)C1. The van der Waals surface area contributed by atoms with Crippen molar-refractivity contribution in [1.82, 2.24) is 0 Å². The van der Waals surface area contributed by atoms with E-state index >= 15 is 0 Å². The van der Waals surface area contributed by atoms with Crippen molar-refractivity contribution in [2.45, 2.75) is 44.8 Å². The minimum Gasteiger partial charge on any atom is -0.251 e. The van der Waals surface area contributed by atoms with E-state index in [0.29, 0.717) is 5.92 Å². The number of hydrogen-bond donors (Lipinski definition) is 0. The molecule has 0 aromatic rings. The van der Waals surface area contributed by atoms with Crippen molar-refractivity contribution in [2.24, 2.45) is 11.8 Å². The molecule has 68 valence electrons. The summed E-state index contributed by atoms with van der Waals surface area (Å²) in [5.74, 6) is 1.11. The van der Waals surface area contributed by atoms with Gasteiger partial charge in [-0.3, -0.25) is 4.39 Å². The third-order valence-electron chi connectivity index (χ3n) is 3.00. The van der Waals surface area contributed by atoms with Gasteiger partial charge in [-0.2, -0.15) is 0 Å². The molecular weight excluding hydrogens is 150 g/mol. The van der Waals surface area contributed by atoms with Crippen molar-refractivity contribution in [3.8, 4) is 0 Å². The van der Waals surface area contributed by atoms with E-state index in [9.17, 15) is 4.39 Å². The molecule has 3 unspecified atom stereocenters. The molecule has 0 N–H and O–H groups in total. The Hall–Kier alpha value is -0.00506. The van der Waals surface area contributed by atoms with Crippen molar-refractivity contribution in [3.63, 3.8) is 0 Å². The van der Waals surface area contributed by atoms with E-state index in [-0.39, 0.29) is 18.4 Å². The molecule has 0 spiro atoms. The fourth-order valence-electron chi connectivity index (χ4n) is 2.27. The van der Waals surface area contributed by atoms with Gasteiger partial charge in [-0.05, 0) is 11.8 Å². The van der Waals surface area contributed by atoms with Crippen molar-refractivity contribution in [2.75, 3.05) is 6.67 Å². The standard InChI is InChI=1S/C10H18BF/c1-2-3-4-8-5-10(11)6-9(8)7-12/h8-10H,2-7H2,1H3. The number of hydrogen-bond acceptors (Lipinski definition) is 0. The summed E-state index contributed by atoms with van der Waals surface area (Å²) in [6.45, 7) is 2.02. The second-order valence-corrected chi connectivity index (χ2v) is 4.05. The van der Waals surface area contributed by atoms with Crippen LogP contribution in [0.2, 0.25) is 5.82 Å². The molecule has 0 heterocycles. The minimum atomic E-state index is -0.165. The lowest BCUT2D eigenvalue weighted by atomic mass is 9.85. The summed E-state index contributed by atoms with van der Waals surface area (Å²) in [6.07, 6.45) is 5.58. The number of unbranched alkanes of at least 4 members (excludes halogenated alkanes) is 1. The summed E-state index contributed by atoms with van der Waals surface area (Å²) in [5, 5.41) is 0. The van der Waals surface area contributed by atoms with E-state index in [0.717, 1.165) is 12.8 Å². The lowest BCUT2D eigenvalue weighted by molar-refractivity contribution is 0.279. The van der Waals surface area contributed by atoms with Crippen molar-refractivity contribution in [3.05, 3.63) is 0 Å². The van der Waals surface area contributed by atoms with E-state index in [4.69, 9.17) is 7.85 Å². The van der Waals surface area contributed by atoms with Gasteiger partial charge in [-0.15, -0.1) is 0 Å². The molecule has 12 heavy (non-hydrogen) atoms. The van der Waals surface area contributed by atoms with Crippen LogP contribution in [0.15, 0.2) is 0 Å². The Labute approximate surface area is 76.3 Å². The van der Waals surface area contributed by atoms with Crippen LogP contribution in [0.25, 0.3) is 0 Å². The zero-order valence-corrected chi connectivity index (χ0v) is 7.93. The molecule has 1 fully saturated rings. The van der Waals surface area contributed by atoms with Crippen LogP contribution < -0.4 is 0 Å². The number of alkyl halides is 1. The van der Waals surface area contributed by atoms with Gasteiger partial charge in [0.25, 0.3) is 0 Å². The van der Waals surface area contributed by atoms with E-state index in [1.54, 1.807) is 0 Å². The van der Waals surface area contributed by atoms with Crippen LogP contribution in [0.3, 0.4) is 0 Å². The fourth-order valence-corrected chi connectivity index (χ4v) is 2.27. The Morgan fingerprint density at radius 1 is 1.33 bits per heavy atom. The first kappa shape index (κ1) is 10.1. The normalized spacial score (nSPS) is 35.7. The predicted octanol–water partition coefficient (Wildman–Crippen LogP) is 3.13. The molecule has 0 nitrogen and oxygen atoms in total. The van der Waals surface area contributed by atoms with Gasteiger partial charge >= 0.3 is 0 Å². The largest absolute Gasteiger partial charge is 0.251 e. The van der Waals surface area contributed by atoms with Gasteiger partial charge in [0.15, 0.2) is 0 Å². The molecule has 0 bridgehead atoms. The molecule has 1 rings (SSSR count). The Kier molecular flexibility index (Phi) is 4.10. The maximum absolute atomic E-state index is 12.5. The highest BCUT2D eigenvalue weighted by Gasteiger charge is 2.30. The van der Waals surface area contributed by atoms with Crippen LogP contribution in [0.5, 0.6) is 0 Å². The smallest absolute Gasteiger partial charge is 0.0925 e. The highest BCUT2D eigenvalue weighted by atomic mass is 19.1. The van der Waals surface area contributed by atoms with E-state index in [1.807, 2.05) is 0 Å². The summed E-state index contributed by atoms with van der Waals surface area (Å²) in [7, 11) is 5.80. The first-order valence-corrected chi connectivity index (χ1v) is 5.09. The zero-order valence-electron chi connectivity index (χ0n) is 7.93. The van der Waals surface area contributed by atoms with Crippen LogP contribution in [0, 0.1) is 11.8 Å². The monoisotopic (exact) mass is 168 g/mol. The molecule has 2 heteroatoms. The van der Waals surface area contributed by atoms with Gasteiger partial charge in [0.2, 0.25) is 0 Å². The van der Waals surface area contributed by atoms with Gasteiger partial charge < -0.3 is 0 Å². The van der Waals surface area contributed by atoms with Gasteiger partial charge in [0.1, 0.15) is 0 Å². The molecule has 1 saturated carbocycles. The Morgan fingerprint density at radius 3 is 2.58 bits per heavy atom. The molecule has 0 saturated heterocycles. The van der Waals surface area contributed by atoms with Crippen LogP contribution in [0.1, 0.15) is 39.0 Å². The number of halogens is 1. The predicted molar refractivity (Wildman–Crippen MR) is 51.2 cm³/mol. The van der Waals surface area contributed by atoms with Crippen LogP contribution in [-0.4, -0.2) is 14.5 Å². The van der Waals surface area contributed by atoms with E-state index in [2.05, 4.69) is 6.92 Å². The first-order chi connectivity index (χ1) is 5.77. The van der Waals surface area contributed by atoms with E-state index in [1.165, 1.54) is 19.3 Å². The fraction of sp³-hybridized carbons (Fsp3) is 1.00. The molecule has 0 aromatic carbocycles. The van der Waals surface area contributed by atoms with Gasteiger partial charge in [0.05, 0.1) is 14.5 Å². The molecule has 0 amide bonds. The lowest BCUT2D eigenvalue weighted by Gasteiger charge is -2.15. The molecule has 1 aliphatic carbocycles.